The number of halogens is 2. The van der Waals surface area contributed by atoms with Gasteiger partial charge in [0.15, 0.2) is 0 Å². The van der Waals surface area contributed by atoms with E-state index in [1.165, 1.54) is 6.07 Å². The molecular formula is C15H12ClFN4. The van der Waals surface area contributed by atoms with E-state index in [1.54, 1.807) is 24.8 Å². The molecular weight excluding hydrogens is 291 g/mol. The van der Waals surface area contributed by atoms with Gasteiger partial charge in [0.1, 0.15) is 18.5 Å². The van der Waals surface area contributed by atoms with Gasteiger partial charge >= 0.3 is 0 Å². The molecule has 1 aromatic heterocycles. The van der Waals surface area contributed by atoms with Gasteiger partial charge in [-0.25, -0.2) is 4.39 Å². The van der Waals surface area contributed by atoms with Crippen LogP contribution in [0.25, 0.3) is 5.69 Å². The molecule has 0 spiro atoms. The van der Waals surface area contributed by atoms with Crippen LogP contribution in [-0.4, -0.2) is 14.8 Å². The number of hydrogen-bond acceptors (Lipinski definition) is 3. The average Bonchev–Trinajstić information content (AvgIpc) is 3.03. The van der Waals surface area contributed by atoms with Crippen LogP contribution in [0.15, 0.2) is 55.1 Å². The van der Waals surface area contributed by atoms with Crippen molar-refractivity contribution in [3.8, 4) is 5.69 Å². The third-order valence-electron chi connectivity index (χ3n) is 3.04. The summed E-state index contributed by atoms with van der Waals surface area (Å²) in [7, 11) is 0. The molecule has 0 aliphatic heterocycles. The van der Waals surface area contributed by atoms with Crippen LogP contribution in [0, 0.1) is 5.82 Å². The molecule has 0 aliphatic rings. The first-order valence-electron chi connectivity index (χ1n) is 6.35. The highest BCUT2D eigenvalue weighted by molar-refractivity contribution is 6.30. The van der Waals surface area contributed by atoms with Gasteiger partial charge in [0.25, 0.3) is 0 Å². The van der Waals surface area contributed by atoms with E-state index in [4.69, 9.17) is 11.6 Å². The quantitative estimate of drug-likeness (QED) is 0.799. The summed E-state index contributed by atoms with van der Waals surface area (Å²) < 4.78 is 14.9. The second kappa shape index (κ2) is 5.93. The summed E-state index contributed by atoms with van der Waals surface area (Å²) in [5.74, 6) is -0.407. The van der Waals surface area contributed by atoms with Crippen molar-refractivity contribution in [2.24, 2.45) is 0 Å². The molecule has 0 amide bonds. The molecule has 0 atom stereocenters. The zero-order valence-corrected chi connectivity index (χ0v) is 11.8. The second-order valence-electron chi connectivity index (χ2n) is 4.52. The van der Waals surface area contributed by atoms with E-state index in [2.05, 4.69) is 15.5 Å². The van der Waals surface area contributed by atoms with E-state index >= 15 is 0 Å². The van der Waals surface area contributed by atoms with Crippen LogP contribution in [0.5, 0.6) is 0 Å². The van der Waals surface area contributed by atoms with Gasteiger partial charge in [-0.2, -0.15) is 0 Å². The molecule has 21 heavy (non-hydrogen) atoms. The smallest absolute Gasteiger partial charge is 0.141 e. The molecule has 0 radical (unpaired) electrons. The molecule has 3 aromatic rings. The van der Waals surface area contributed by atoms with E-state index in [-0.39, 0.29) is 5.02 Å². The number of rotatable bonds is 4. The van der Waals surface area contributed by atoms with Crippen molar-refractivity contribution >= 4 is 17.3 Å². The molecule has 0 saturated heterocycles. The van der Waals surface area contributed by atoms with Crippen molar-refractivity contribution in [1.29, 1.82) is 0 Å². The Labute approximate surface area is 126 Å². The third kappa shape index (κ3) is 3.20. The Morgan fingerprint density at radius 1 is 1.10 bits per heavy atom. The molecule has 1 N–H and O–H groups in total. The highest BCUT2D eigenvalue weighted by Gasteiger charge is 2.02. The molecule has 0 saturated carbocycles. The first-order valence-corrected chi connectivity index (χ1v) is 6.73. The highest BCUT2D eigenvalue weighted by Crippen LogP contribution is 2.18. The maximum atomic E-state index is 13.1. The van der Waals surface area contributed by atoms with E-state index in [1.807, 2.05) is 28.8 Å². The first-order chi connectivity index (χ1) is 10.2. The summed E-state index contributed by atoms with van der Waals surface area (Å²) in [6, 6.07) is 12.5. The lowest BCUT2D eigenvalue weighted by atomic mass is 10.2. The summed E-state index contributed by atoms with van der Waals surface area (Å²) in [5, 5.41) is 11.0. The number of nitrogens with one attached hydrogen (secondary N) is 1. The summed E-state index contributed by atoms with van der Waals surface area (Å²) in [6.07, 6.45) is 3.28. The summed E-state index contributed by atoms with van der Waals surface area (Å²) >= 11 is 5.77. The summed E-state index contributed by atoms with van der Waals surface area (Å²) in [4.78, 5) is 0. The Bertz CT molecular complexity index is 743. The van der Waals surface area contributed by atoms with Crippen LogP contribution < -0.4 is 5.32 Å². The number of nitrogens with zero attached hydrogens (tertiary/aromatic N) is 3. The zero-order valence-electron chi connectivity index (χ0n) is 11.0. The number of anilines is 1. The maximum Gasteiger partial charge on any atom is 0.141 e. The molecule has 0 aliphatic carbocycles. The normalized spacial score (nSPS) is 10.6. The second-order valence-corrected chi connectivity index (χ2v) is 4.93. The van der Waals surface area contributed by atoms with Gasteiger partial charge in [-0.1, -0.05) is 23.7 Å². The van der Waals surface area contributed by atoms with Gasteiger partial charge in [0.05, 0.1) is 10.7 Å². The molecule has 4 nitrogen and oxygen atoms in total. The van der Waals surface area contributed by atoms with Crippen LogP contribution in [0.2, 0.25) is 5.02 Å². The Morgan fingerprint density at radius 2 is 1.90 bits per heavy atom. The lowest BCUT2D eigenvalue weighted by molar-refractivity contribution is 0.627. The Kier molecular flexibility index (Phi) is 3.83. The Hall–Kier alpha value is -2.40. The molecule has 6 heteroatoms. The summed E-state index contributed by atoms with van der Waals surface area (Å²) in [5.41, 5.74) is 2.82. The predicted octanol–water partition coefficient (Wildman–Crippen LogP) is 3.67. The van der Waals surface area contributed by atoms with Gasteiger partial charge in [0, 0.05) is 12.2 Å². The van der Waals surface area contributed by atoms with Crippen molar-refractivity contribution in [1.82, 2.24) is 14.8 Å². The van der Waals surface area contributed by atoms with E-state index in [0.29, 0.717) is 6.54 Å². The van der Waals surface area contributed by atoms with E-state index in [0.717, 1.165) is 16.9 Å². The predicted molar refractivity (Wildman–Crippen MR) is 80.1 cm³/mol. The summed E-state index contributed by atoms with van der Waals surface area (Å²) in [6.45, 7) is 0.561. The molecule has 0 bridgehead atoms. The van der Waals surface area contributed by atoms with Gasteiger partial charge in [-0.15, -0.1) is 10.2 Å². The van der Waals surface area contributed by atoms with E-state index < -0.39 is 5.82 Å². The lowest BCUT2D eigenvalue weighted by Crippen LogP contribution is -2.00. The van der Waals surface area contributed by atoms with E-state index in [9.17, 15) is 4.39 Å². The topological polar surface area (TPSA) is 42.7 Å². The average molecular weight is 303 g/mol. The van der Waals surface area contributed by atoms with Crippen molar-refractivity contribution in [2.45, 2.75) is 6.54 Å². The van der Waals surface area contributed by atoms with Crippen molar-refractivity contribution in [3.63, 3.8) is 0 Å². The number of benzene rings is 2. The third-order valence-corrected chi connectivity index (χ3v) is 3.33. The van der Waals surface area contributed by atoms with Gasteiger partial charge in [-0.3, -0.25) is 4.57 Å². The highest BCUT2D eigenvalue weighted by atomic mass is 35.5. The molecule has 0 fully saturated rings. The number of aromatic nitrogens is 3. The molecule has 0 unspecified atom stereocenters. The minimum Gasteiger partial charge on any atom is -0.381 e. The fourth-order valence-corrected chi connectivity index (χ4v) is 2.17. The Morgan fingerprint density at radius 3 is 2.67 bits per heavy atom. The first kappa shape index (κ1) is 13.6. The van der Waals surface area contributed by atoms with Gasteiger partial charge in [-0.05, 0) is 35.9 Å². The minimum absolute atomic E-state index is 0.132. The largest absolute Gasteiger partial charge is 0.381 e. The fraction of sp³-hybridized carbons (Fsp3) is 0.0667. The standard InChI is InChI=1S/C15H12ClFN4/c16-14-6-11(4-5-15(14)17)8-18-12-2-1-3-13(7-12)21-9-19-20-10-21/h1-7,9-10,18H,8H2. The molecule has 3 rings (SSSR count). The number of hydrogen-bond donors (Lipinski definition) is 1. The van der Waals surface area contributed by atoms with Crippen LogP contribution in [-0.2, 0) is 6.54 Å². The maximum absolute atomic E-state index is 13.1. The van der Waals surface area contributed by atoms with Crippen LogP contribution in [0.4, 0.5) is 10.1 Å². The minimum atomic E-state index is -0.407. The molecule has 1 heterocycles. The van der Waals surface area contributed by atoms with Crippen molar-refractivity contribution in [2.75, 3.05) is 5.32 Å². The molecule has 2 aromatic carbocycles. The Balaban J connectivity index is 1.73. The SMILES string of the molecule is Fc1ccc(CNc2cccc(-n3cnnc3)c2)cc1Cl. The zero-order chi connectivity index (χ0) is 14.7. The monoisotopic (exact) mass is 302 g/mol. The van der Waals surface area contributed by atoms with Crippen molar-refractivity contribution in [3.05, 3.63) is 71.5 Å². The molecule has 106 valence electrons. The van der Waals surface area contributed by atoms with Crippen molar-refractivity contribution < 1.29 is 4.39 Å². The lowest BCUT2D eigenvalue weighted by Gasteiger charge is -2.09. The fourth-order valence-electron chi connectivity index (χ4n) is 1.96. The van der Waals surface area contributed by atoms with Crippen LogP contribution in [0.1, 0.15) is 5.56 Å². The van der Waals surface area contributed by atoms with Gasteiger partial charge in [0.2, 0.25) is 0 Å². The van der Waals surface area contributed by atoms with Crippen LogP contribution in [0.3, 0.4) is 0 Å². The van der Waals surface area contributed by atoms with Crippen LogP contribution >= 0.6 is 11.6 Å². The van der Waals surface area contributed by atoms with Gasteiger partial charge < -0.3 is 5.32 Å².